The number of carbonyl (C=O) groups is 2. The predicted octanol–water partition coefficient (Wildman–Crippen LogP) is 5.18. The van der Waals surface area contributed by atoms with E-state index in [4.69, 9.17) is 28.0 Å². The van der Waals surface area contributed by atoms with E-state index in [9.17, 15) is 14.0 Å². The normalized spacial score (nSPS) is 22.9. The molecule has 2 saturated heterocycles. The van der Waals surface area contributed by atoms with E-state index >= 15 is 0 Å². The van der Waals surface area contributed by atoms with E-state index in [0.29, 0.717) is 21.3 Å². The van der Waals surface area contributed by atoms with E-state index in [1.54, 1.807) is 23.3 Å². The zero-order chi connectivity index (χ0) is 21.7. The van der Waals surface area contributed by atoms with Crippen LogP contribution in [-0.4, -0.2) is 17.9 Å². The number of benzene rings is 3. The number of imide groups is 1. The van der Waals surface area contributed by atoms with Gasteiger partial charge in [0.25, 0.3) is 5.91 Å². The summed E-state index contributed by atoms with van der Waals surface area (Å²) in [6.45, 7) is 0. The van der Waals surface area contributed by atoms with Gasteiger partial charge in [-0.25, -0.2) is 14.4 Å². The van der Waals surface area contributed by atoms with Crippen LogP contribution in [0.2, 0.25) is 10.0 Å². The van der Waals surface area contributed by atoms with Crippen molar-refractivity contribution in [1.29, 1.82) is 0 Å². The molecule has 3 atom stereocenters. The minimum atomic E-state index is -1.06. The molecule has 3 unspecified atom stereocenters. The Kier molecular flexibility index (Phi) is 4.93. The first-order chi connectivity index (χ1) is 15.0. The van der Waals surface area contributed by atoms with Crippen LogP contribution < -0.4 is 9.96 Å². The van der Waals surface area contributed by atoms with Gasteiger partial charge in [-0.2, -0.15) is 0 Å². The van der Waals surface area contributed by atoms with Crippen LogP contribution in [0.3, 0.4) is 0 Å². The predicted molar refractivity (Wildman–Crippen MR) is 115 cm³/mol. The standard InChI is InChI=1S/C23H15Cl2FN2O3/c24-13-9-10-17(18(25)11-13)20-19-21(31-28(20)15-6-2-1-3-7-15)23(30)27(22(19)29)16-8-4-5-14(26)12-16/h1-12,19-21H. The number of halogens is 3. The molecule has 0 N–H and O–H groups in total. The summed E-state index contributed by atoms with van der Waals surface area (Å²) in [5.74, 6) is -2.43. The molecule has 8 heteroatoms. The van der Waals surface area contributed by atoms with Crippen LogP contribution >= 0.6 is 23.2 Å². The van der Waals surface area contributed by atoms with Crippen molar-refractivity contribution in [1.82, 2.24) is 0 Å². The summed E-state index contributed by atoms with van der Waals surface area (Å²) >= 11 is 12.5. The highest BCUT2D eigenvalue weighted by atomic mass is 35.5. The lowest BCUT2D eigenvalue weighted by molar-refractivity contribution is -0.126. The van der Waals surface area contributed by atoms with Gasteiger partial charge in [0.1, 0.15) is 11.7 Å². The second-order valence-corrected chi connectivity index (χ2v) is 8.16. The molecule has 5 nitrogen and oxygen atoms in total. The summed E-state index contributed by atoms with van der Waals surface area (Å²) < 4.78 is 13.8. The van der Waals surface area contributed by atoms with E-state index in [1.165, 1.54) is 18.2 Å². The Bertz CT molecular complexity index is 1190. The van der Waals surface area contributed by atoms with Crippen molar-refractivity contribution < 1.29 is 18.8 Å². The molecule has 3 aromatic carbocycles. The Labute approximate surface area is 187 Å². The molecule has 0 radical (unpaired) electrons. The van der Waals surface area contributed by atoms with E-state index < -0.39 is 35.7 Å². The second-order valence-electron chi connectivity index (χ2n) is 7.32. The van der Waals surface area contributed by atoms with Crippen LogP contribution in [-0.2, 0) is 14.4 Å². The first-order valence-electron chi connectivity index (χ1n) is 9.55. The maximum Gasteiger partial charge on any atom is 0.266 e. The molecule has 2 aliphatic heterocycles. The molecule has 0 aromatic heterocycles. The fraction of sp³-hybridized carbons (Fsp3) is 0.130. The molecule has 3 aromatic rings. The van der Waals surface area contributed by atoms with Gasteiger partial charge < -0.3 is 0 Å². The topological polar surface area (TPSA) is 49.9 Å². The summed E-state index contributed by atoms with van der Waals surface area (Å²) in [6, 6.07) is 18.8. The van der Waals surface area contributed by atoms with Gasteiger partial charge in [0.2, 0.25) is 5.91 Å². The van der Waals surface area contributed by atoms with Gasteiger partial charge in [0.15, 0.2) is 6.10 Å². The van der Waals surface area contributed by atoms with E-state index in [0.717, 1.165) is 11.0 Å². The van der Waals surface area contributed by atoms with Crippen molar-refractivity contribution in [3.63, 3.8) is 0 Å². The summed E-state index contributed by atoms with van der Waals surface area (Å²) in [7, 11) is 0. The monoisotopic (exact) mass is 456 g/mol. The SMILES string of the molecule is O=C1C2ON(c3ccccc3)C(c3ccc(Cl)cc3Cl)C2C(=O)N1c1cccc(F)c1. The first kappa shape index (κ1) is 20.0. The fourth-order valence-corrected chi connectivity index (χ4v) is 4.66. The number of fused-ring (bicyclic) bond motifs is 1. The molecule has 0 bridgehead atoms. The van der Waals surface area contributed by atoms with Crippen molar-refractivity contribution in [2.75, 3.05) is 9.96 Å². The van der Waals surface area contributed by atoms with Crippen LogP contribution in [0.25, 0.3) is 0 Å². The molecular formula is C23H15Cl2FN2O3. The minimum absolute atomic E-state index is 0.167. The van der Waals surface area contributed by atoms with Crippen LogP contribution in [0, 0.1) is 11.7 Å². The average Bonchev–Trinajstić information content (AvgIpc) is 3.25. The quantitative estimate of drug-likeness (QED) is 0.509. The Morgan fingerprint density at radius 3 is 2.29 bits per heavy atom. The molecule has 5 rings (SSSR count). The summed E-state index contributed by atoms with van der Waals surface area (Å²) in [5, 5.41) is 2.35. The van der Waals surface area contributed by atoms with Crippen molar-refractivity contribution in [3.8, 4) is 0 Å². The third-order valence-corrected chi connectivity index (χ3v) is 6.04. The number of hydroxylamine groups is 1. The summed E-state index contributed by atoms with van der Waals surface area (Å²) in [4.78, 5) is 33.6. The zero-order valence-corrected chi connectivity index (χ0v) is 17.4. The number of rotatable bonds is 3. The minimum Gasteiger partial charge on any atom is -0.273 e. The number of carbonyl (C=O) groups excluding carboxylic acids is 2. The molecule has 31 heavy (non-hydrogen) atoms. The number of amides is 2. The van der Waals surface area contributed by atoms with Crippen molar-refractivity contribution in [2.45, 2.75) is 12.1 Å². The van der Waals surface area contributed by atoms with Crippen molar-refractivity contribution in [2.24, 2.45) is 5.92 Å². The molecule has 156 valence electrons. The summed E-state index contributed by atoms with van der Waals surface area (Å²) in [5.41, 5.74) is 1.44. The number of anilines is 2. The van der Waals surface area contributed by atoms with Gasteiger partial charge >= 0.3 is 0 Å². The smallest absolute Gasteiger partial charge is 0.266 e. The van der Waals surface area contributed by atoms with Gasteiger partial charge in [0.05, 0.1) is 17.4 Å². The van der Waals surface area contributed by atoms with E-state index in [1.807, 2.05) is 30.3 Å². The number of para-hydroxylation sites is 1. The maximum atomic E-state index is 13.8. The Hall–Kier alpha value is -2.93. The molecular weight excluding hydrogens is 442 g/mol. The molecule has 0 spiro atoms. The van der Waals surface area contributed by atoms with Crippen LogP contribution in [0.5, 0.6) is 0 Å². The highest BCUT2D eigenvalue weighted by molar-refractivity contribution is 6.35. The van der Waals surface area contributed by atoms with Gasteiger partial charge in [-0.1, -0.05) is 53.5 Å². The van der Waals surface area contributed by atoms with Crippen molar-refractivity contribution in [3.05, 3.63) is 94.2 Å². The molecule has 2 heterocycles. The molecule has 2 amide bonds. The third kappa shape index (κ3) is 3.28. The molecule has 2 aliphatic rings. The lowest BCUT2D eigenvalue weighted by Crippen LogP contribution is -2.37. The Morgan fingerprint density at radius 1 is 0.839 bits per heavy atom. The van der Waals surface area contributed by atoms with Gasteiger partial charge in [-0.05, 0) is 48.0 Å². The number of hydrogen-bond acceptors (Lipinski definition) is 4. The average molecular weight is 457 g/mol. The van der Waals surface area contributed by atoms with Crippen LogP contribution in [0.4, 0.5) is 15.8 Å². The molecule has 0 saturated carbocycles. The van der Waals surface area contributed by atoms with Crippen LogP contribution in [0.15, 0.2) is 72.8 Å². The molecule has 2 fully saturated rings. The Morgan fingerprint density at radius 2 is 1.58 bits per heavy atom. The maximum absolute atomic E-state index is 13.8. The Balaban J connectivity index is 1.62. The third-order valence-electron chi connectivity index (χ3n) is 5.47. The van der Waals surface area contributed by atoms with E-state index in [2.05, 4.69) is 0 Å². The first-order valence-corrected chi connectivity index (χ1v) is 10.3. The lowest BCUT2D eigenvalue weighted by Gasteiger charge is -2.29. The fourth-order valence-electron chi connectivity index (χ4n) is 4.14. The summed E-state index contributed by atoms with van der Waals surface area (Å²) in [6.07, 6.45) is -1.06. The highest BCUT2D eigenvalue weighted by Crippen LogP contribution is 2.49. The largest absolute Gasteiger partial charge is 0.273 e. The molecule has 0 aliphatic carbocycles. The highest BCUT2D eigenvalue weighted by Gasteiger charge is 2.60. The van der Waals surface area contributed by atoms with Gasteiger partial charge in [0, 0.05) is 10.0 Å². The van der Waals surface area contributed by atoms with Gasteiger partial charge in [-0.3, -0.25) is 14.4 Å². The van der Waals surface area contributed by atoms with E-state index in [-0.39, 0.29) is 5.69 Å². The number of nitrogens with zero attached hydrogens (tertiary/aromatic N) is 2. The van der Waals surface area contributed by atoms with Crippen LogP contribution in [0.1, 0.15) is 11.6 Å². The van der Waals surface area contributed by atoms with Gasteiger partial charge in [-0.15, -0.1) is 0 Å². The zero-order valence-electron chi connectivity index (χ0n) is 15.9. The second kappa shape index (κ2) is 7.64. The van der Waals surface area contributed by atoms with Crippen molar-refractivity contribution >= 4 is 46.4 Å². The lowest BCUT2D eigenvalue weighted by atomic mass is 9.90. The number of hydrogen-bond donors (Lipinski definition) is 0.